The fourth-order valence-corrected chi connectivity index (χ4v) is 3.79. The minimum atomic E-state index is -3.11. The van der Waals surface area contributed by atoms with Crippen LogP contribution in [0.3, 0.4) is 0 Å². The smallest absolute Gasteiger partial charge is 0.214 e. The van der Waals surface area contributed by atoms with Gasteiger partial charge in [0.2, 0.25) is 10.0 Å². The molecule has 0 radical (unpaired) electrons. The van der Waals surface area contributed by atoms with Gasteiger partial charge < -0.3 is 5.11 Å². The Kier molecular flexibility index (Phi) is 5.58. The number of hydrogen-bond acceptors (Lipinski definition) is 4. The fourth-order valence-electron chi connectivity index (χ4n) is 1.94. The van der Waals surface area contributed by atoms with Crippen LogP contribution in [0.4, 0.5) is 0 Å². The van der Waals surface area contributed by atoms with E-state index in [0.29, 0.717) is 26.1 Å². The lowest BCUT2D eigenvalue weighted by atomic mass is 9.94. The SMILES string of the molecule is CC(C)(C)CCS(=O)(=O)N1CCN(CCO)CC1. The van der Waals surface area contributed by atoms with Crippen LogP contribution in [0.25, 0.3) is 0 Å². The van der Waals surface area contributed by atoms with Crippen LogP contribution in [0.15, 0.2) is 0 Å². The van der Waals surface area contributed by atoms with E-state index >= 15 is 0 Å². The fraction of sp³-hybridized carbons (Fsp3) is 1.00. The highest BCUT2D eigenvalue weighted by atomic mass is 32.2. The van der Waals surface area contributed by atoms with Crippen molar-refractivity contribution < 1.29 is 13.5 Å². The second-order valence-electron chi connectivity index (χ2n) is 6.09. The second kappa shape index (κ2) is 6.32. The van der Waals surface area contributed by atoms with Crippen molar-refractivity contribution in [3.05, 3.63) is 0 Å². The molecule has 6 heteroatoms. The first-order valence-corrected chi connectivity index (χ1v) is 8.16. The number of rotatable bonds is 5. The summed E-state index contributed by atoms with van der Waals surface area (Å²) in [6.45, 7) is 9.47. The molecule has 0 aromatic rings. The summed E-state index contributed by atoms with van der Waals surface area (Å²) in [6.07, 6.45) is 0.687. The van der Waals surface area contributed by atoms with E-state index in [9.17, 15) is 8.42 Å². The van der Waals surface area contributed by atoms with Crippen molar-refractivity contribution in [1.29, 1.82) is 0 Å². The summed E-state index contributed by atoms with van der Waals surface area (Å²) in [7, 11) is -3.11. The second-order valence-corrected chi connectivity index (χ2v) is 8.18. The van der Waals surface area contributed by atoms with Crippen molar-refractivity contribution in [3.8, 4) is 0 Å². The normalized spacial score (nSPS) is 20.2. The number of aliphatic hydroxyl groups is 1. The molecule has 108 valence electrons. The van der Waals surface area contributed by atoms with Gasteiger partial charge in [-0.25, -0.2) is 8.42 Å². The van der Waals surface area contributed by atoms with E-state index in [1.807, 2.05) is 0 Å². The number of nitrogens with zero attached hydrogens (tertiary/aromatic N) is 2. The summed E-state index contributed by atoms with van der Waals surface area (Å²) in [6, 6.07) is 0. The van der Waals surface area contributed by atoms with E-state index in [1.54, 1.807) is 4.31 Å². The Labute approximate surface area is 111 Å². The molecule has 0 aromatic heterocycles. The van der Waals surface area contributed by atoms with Crippen molar-refractivity contribution >= 4 is 10.0 Å². The lowest BCUT2D eigenvalue weighted by molar-refractivity contribution is 0.151. The molecule has 1 rings (SSSR count). The third-order valence-corrected chi connectivity index (χ3v) is 5.12. The average molecular weight is 278 g/mol. The molecule has 0 amide bonds. The molecule has 1 saturated heterocycles. The molecule has 0 aromatic carbocycles. The predicted molar refractivity (Wildman–Crippen MR) is 73.0 cm³/mol. The Morgan fingerprint density at radius 1 is 1.11 bits per heavy atom. The van der Waals surface area contributed by atoms with Gasteiger partial charge in [0, 0.05) is 32.7 Å². The number of piperazine rings is 1. The lowest BCUT2D eigenvalue weighted by Gasteiger charge is -2.34. The Morgan fingerprint density at radius 3 is 2.11 bits per heavy atom. The largest absolute Gasteiger partial charge is 0.395 e. The molecule has 1 fully saturated rings. The van der Waals surface area contributed by atoms with Gasteiger partial charge >= 0.3 is 0 Å². The molecule has 0 aliphatic carbocycles. The van der Waals surface area contributed by atoms with Crippen LogP contribution >= 0.6 is 0 Å². The standard InChI is InChI=1S/C12H26N2O3S/c1-12(2,3)4-11-18(16,17)14-7-5-13(6-8-14)9-10-15/h15H,4-11H2,1-3H3. The van der Waals surface area contributed by atoms with Gasteiger partial charge in [0.05, 0.1) is 12.4 Å². The molecular formula is C12H26N2O3S. The van der Waals surface area contributed by atoms with Gasteiger partial charge in [0.15, 0.2) is 0 Å². The van der Waals surface area contributed by atoms with Crippen LogP contribution in [0, 0.1) is 5.41 Å². The van der Waals surface area contributed by atoms with Crippen molar-refractivity contribution in [3.63, 3.8) is 0 Å². The third kappa shape index (κ3) is 5.22. The van der Waals surface area contributed by atoms with E-state index in [-0.39, 0.29) is 17.8 Å². The molecular weight excluding hydrogens is 252 g/mol. The molecule has 0 unspecified atom stereocenters. The number of aliphatic hydroxyl groups excluding tert-OH is 1. The van der Waals surface area contributed by atoms with Crippen LogP contribution in [-0.2, 0) is 10.0 Å². The molecule has 1 aliphatic heterocycles. The van der Waals surface area contributed by atoms with E-state index in [1.165, 1.54) is 0 Å². The maximum Gasteiger partial charge on any atom is 0.214 e. The van der Waals surface area contributed by atoms with Gasteiger partial charge in [0.1, 0.15) is 0 Å². The Balaban J connectivity index is 2.45. The van der Waals surface area contributed by atoms with Gasteiger partial charge in [-0.15, -0.1) is 0 Å². The Morgan fingerprint density at radius 2 is 1.67 bits per heavy atom. The average Bonchev–Trinajstić information content (AvgIpc) is 2.27. The van der Waals surface area contributed by atoms with Gasteiger partial charge in [-0.2, -0.15) is 4.31 Å². The summed E-state index contributed by atoms with van der Waals surface area (Å²) in [5, 5.41) is 8.84. The minimum absolute atomic E-state index is 0.0474. The van der Waals surface area contributed by atoms with Crippen molar-refractivity contribution in [2.45, 2.75) is 27.2 Å². The Hall–Kier alpha value is -0.170. The quantitative estimate of drug-likeness (QED) is 0.789. The molecule has 0 atom stereocenters. The van der Waals surface area contributed by atoms with Crippen LogP contribution in [-0.4, -0.2) is 67.8 Å². The topological polar surface area (TPSA) is 60.9 Å². The first-order valence-electron chi connectivity index (χ1n) is 6.56. The molecule has 1 N–H and O–H groups in total. The summed E-state index contributed by atoms with van der Waals surface area (Å²) in [4.78, 5) is 2.09. The maximum atomic E-state index is 12.2. The van der Waals surface area contributed by atoms with Crippen molar-refractivity contribution in [1.82, 2.24) is 9.21 Å². The summed E-state index contributed by atoms with van der Waals surface area (Å²) >= 11 is 0. The maximum absolute atomic E-state index is 12.2. The minimum Gasteiger partial charge on any atom is -0.395 e. The molecule has 5 nitrogen and oxygen atoms in total. The van der Waals surface area contributed by atoms with E-state index in [2.05, 4.69) is 25.7 Å². The number of hydrogen-bond donors (Lipinski definition) is 1. The molecule has 1 heterocycles. The van der Waals surface area contributed by atoms with Crippen LogP contribution in [0.1, 0.15) is 27.2 Å². The number of β-amino-alcohol motifs (C(OH)–C–C–N with tert-alkyl or cyclic N) is 1. The summed E-state index contributed by atoms with van der Waals surface area (Å²) in [5.41, 5.74) is 0.0474. The first-order chi connectivity index (χ1) is 8.24. The zero-order chi connectivity index (χ0) is 13.8. The zero-order valence-electron chi connectivity index (χ0n) is 11.7. The van der Waals surface area contributed by atoms with Crippen molar-refractivity contribution in [2.75, 3.05) is 45.1 Å². The summed E-state index contributed by atoms with van der Waals surface area (Å²) in [5.74, 6) is 0.233. The van der Waals surface area contributed by atoms with Gasteiger partial charge in [0.25, 0.3) is 0 Å². The molecule has 0 saturated carbocycles. The monoisotopic (exact) mass is 278 g/mol. The van der Waals surface area contributed by atoms with E-state index in [4.69, 9.17) is 5.11 Å². The van der Waals surface area contributed by atoms with Gasteiger partial charge in [-0.1, -0.05) is 20.8 Å². The molecule has 1 aliphatic rings. The highest BCUT2D eigenvalue weighted by Gasteiger charge is 2.27. The molecule has 0 bridgehead atoms. The van der Waals surface area contributed by atoms with Gasteiger partial charge in [-0.05, 0) is 11.8 Å². The molecule has 0 spiro atoms. The number of sulfonamides is 1. The zero-order valence-corrected chi connectivity index (χ0v) is 12.5. The van der Waals surface area contributed by atoms with Crippen LogP contribution in [0.5, 0.6) is 0 Å². The van der Waals surface area contributed by atoms with Crippen molar-refractivity contribution in [2.24, 2.45) is 5.41 Å². The Bertz CT molecular complexity index is 341. The van der Waals surface area contributed by atoms with Crippen LogP contribution in [0.2, 0.25) is 0 Å². The van der Waals surface area contributed by atoms with E-state index < -0.39 is 10.0 Å². The predicted octanol–water partition coefficient (Wildman–Crippen LogP) is 0.362. The summed E-state index contributed by atoms with van der Waals surface area (Å²) < 4.78 is 25.9. The van der Waals surface area contributed by atoms with Gasteiger partial charge in [-0.3, -0.25) is 4.90 Å². The highest BCUT2D eigenvalue weighted by Crippen LogP contribution is 2.20. The van der Waals surface area contributed by atoms with Crippen LogP contribution < -0.4 is 0 Å². The molecule has 18 heavy (non-hydrogen) atoms. The van der Waals surface area contributed by atoms with E-state index in [0.717, 1.165) is 13.1 Å². The lowest BCUT2D eigenvalue weighted by Crippen LogP contribution is -2.49. The first kappa shape index (κ1) is 15.9. The third-order valence-electron chi connectivity index (χ3n) is 3.25. The highest BCUT2D eigenvalue weighted by molar-refractivity contribution is 7.89.